The van der Waals surface area contributed by atoms with E-state index in [1.165, 1.54) is 5.56 Å². The Labute approximate surface area is 114 Å². The van der Waals surface area contributed by atoms with E-state index in [2.05, 4.69) is 6.08 Å². The molecular weight excluding hydrogens is 232 g/mol. The Morgan fingerprint density at radius 3 is 2.16 bits per heavy atom. The third kappa shape index (κ3) is 3.59. The van der Waals surface area contributed by atoms with Crippen molar-refractivity contribution in [1.29, 1.82) is 0 Å². The second-order valence-corrected chi connectivity index (χ2v) is 4.21. The van der Waals surface area contributed by atoms with Crippen molar-refractivity contribution in [2.45, 2.75) is 13.8 Å². The molecule has 0 aliphatic carbocycles. The Kier molecular flexibility index (Phi) is 4.57. The molecule has 2 aromatic rings. The molecule has 0 aromatic heterocycles. The molecule has 0 unspecified atom stereocenters. The van der Waals surface area contributed by atoms with Gasteiger partial charge in [0.05, 0.1) is 0 Å². The van der Waals surface area contributed by atoms with Crippen LogP contribution in [-0.2, 0) is 0 Å². The summed E-state index contributed by atoms with van der Waals surface area (Å²) >= 11 is 0. The number of hydrogen-bond acceptors (Lipinski definition) is 1. The molecule has 0 aliphatic rings. The summed E-state index contributed by atoms with van der Waals surface area (Å²) in [5, 5.41) is 0. The fraction of sp³-hybridized carbons (Fsp3) is 0.111. The molecule has 1 nitrogen and oxygen atoms in total. The van der Waals surface area contributed by atoms with Crippen molar-refractivity contribution in [3.63, 3.8) is 0 Å². The van der Waals surface area contributed by atoms with Crippen LogP contribution in [0.15, 0.2) is 60.7 Å². The zero-order chi connectivity index (χ0) is 13.5. The Hall–Kier alpha value is -2.28. The number of allylic oxidation sites excluding steroid dienone is 2. The highest BCUT2D eigenvalue weighted by molar-refractivity contribution is 5.58. The smallest absolute Gasteiger partial charge is 0.134 e. The first-order valence-corrected chi connectivity index (χ1v) is 6.46. The van der Waals surface area contributed by atoms with Crippen molar-refractivity contribution in [3.8, 4) is 11.5 Å². The third-order valence-corrected chi connectivity index (χ3v) is 2.73. The predicted octanol–water partition coefficient (Wildman–Crippen LogP) is 5.55. The molecule has 0 saturated heterocycles. The highest BCUT2D eigenvalue weighted by atomic mass is 16.5. The largest absolute Gasteiger partial charge is 0.457 e. The van der Waals surface area contributed by atoms with Gasteiger partial charge in [0.25, 0.3) is 0 Å². The summed E-state index contributed by atoms with van der Waals surface area (Å²) in [7, 11) is 0. The molecule has 0 atom stereocenters. The van der Waals surface area contributed by atoms with Crippen LogP contribution in [0.4, 0.5) is 0 Å². The van der Waals surface area contributed by atoms with Crippen molar-refractivity contribution < 1.29 is 4.74 Å². The fourth-order valence-corrected chi connectivity index (χ4v) is 1.86. The van der Waals surface area contributed by atoms with Gasteiger partial charge in [0.1, 0.15) is 11.5 Å². The minimum Gasteiger partial charge on any atom is -0.457 e. The van der Waals surface area contributed by atoms with E-state index in [-0.39, 0.29) is 0 Å². The Morgan fingerprint density at radius 1 is 0.789 bits per heavy atom. The highest BCUT2D eigenvalue weighted by Crippen LogP contribution is 2.26. The molecule has 0 saturated carbocycles. The Bertz CT molecular complexity index is 577. The van der Waals surface area contributed by atoms with Gasteiger partial charge >= 0.3 is 0 Å². The topological polar surface area (TPSA) is 9.23 Å². The lowest BCUT2D eigenvalue weighted by molar-refractivity contribution is 0.481. The van der Waals surface area contributed by atoms with Crippen molar-refractivity contribution in [2.24, 2.45) is 0 Å². The van der Waals surface area contributed by atoms with Gasteiger partial charge in [-0.05, 0) is 37.6 Å². The van der Waals surface area contributed by atoms with E-state index in [9.17, 15) is 0 Å². The van der Waals surface area contributed by atoms with Gasteiger partial charge in [-0.3, -0.25) is 0 Å². The monoisotopic (exact) mass is 250 g/mol. The summed E-state index contributed by atoms with van der Waals surface area (Å²) in [5.41, 5.74) is 2.26. The maximum absolute atomic E-state index is 5.92. The van der Waals surface area contributed by atoms with Crippen LogP contribution in [0.1, 0.15) is 25.0 Å². The van der Waals surface area contributed by atoms with Crippen LogP contribution in [0, 0.1) is 0 Å². The number of hydrogen-bond donors (Lipinski definition) is 0. The van der Waals surface area contributed by atoms with Gasteiger partial charge in [-0.25, -0.2) is 0 Å². The van der Waals surface area contributed by atoms with Crippen LogP contribution in [0.3, 0.4) is 0 Å². The van der Waals surface area contributed by atoms with Gasteiger partial charge in [0.15, 0.2) is 0 Å². The van der Waals surface area contributed by atoms with Crippen LogP contribution >= 0.6 is 0 Å². The Balaban J connectivity index is 2.21. The van der Waals surface area contributed by atoms with Crippen molar-refractivity contribution in [2.75, 3.05) is 0 Å². The van der Waals surface area contributed by atoms with E-state index in [1.807, 2.05) is 80.6 Å². The molecule has 0 radical (unpaired) electrons. The lowest BCUT2D eigenvalue weighted by Crippen LogP contribution is -1.87. The van der Waals surface area contributed by atoms with Gasteiger partial charge in [-0.1, -0.05) is 54.6 Å². The number of para-hydroxylation sites is 1. The van der Waals surface area contributed by atoms with E-state index in [1.54, 1.807) is 0 Å². The van der Waals surface area contributed by atoms with Crippen LogP contribution in [-0.4, -0.2) is 0 Å². The van der Waals surface area contributed by atoms with Crippen LogP contribution in [0.5, 0.6) is 11.5 Å². The van der Waals surface area contributed by atoms with E-state index in [0.717, 1.165) is 17.1 Å². The van der Waals surface area contributed by atoms with E-state index in [0.29, 0.717) is 0 Å². The summed E-state index contributed by atoms with van der Waals surface area (Å²) in [6, 6.07) is 16.1. The maximum atomic E-state index is 5.92. The second kappa shape index (κ2) is 6.60. The molecule has 0 bridgehead atoms. The first-order valence-electron chi connectivity index (χ1n) is 6.46. The molecule has 0 fully saturated rings. The zero-order valence-corrected chi connectivity index (χ0v) is 11.3. The van der Waals surface area contributed by atoms with Crippen LogP contribution in [0.25, 0.3) is 12.2 Å². The summed E-state index contributed by atoms with van der Waals surface area (Å²) < 4.78 is 5.92. The number of benzene rings is 2. The van der Waals surface area contributed by atoms with Gasteiger partial charge in [-0.2, -0.15) is 0 Å². The molecular formula is C18H18O. The first-order chi connectivity index (χ1) is 9.33. The lowest BCUT2D eigenvalue weighted by atomic mass is 10.2. The molecule has 0 aliphatic heterocycles. The molecule has 2 aromatic carbocycles. The number of rotatable bonds is 4. The summed E-state index contributed by atoms with van der Waals surface area (Å²) in [4.78, 5) is 0. The van der Waals surface area contributed by atoms with E-state index in [4.69, 9.17) is 4.74 Å². The average molecular weight is 250 g/mol. The maximum Gasteiger partial charge on any atom is 0.134 e. The van der Waals surface area contributed by atoms with Crippen molar-refractivity contribution in [3.05, 3.63) is 71.8 Å². The molecule has 0 heterocycles. The molecule has 96 valence electrons. The first kappa shape index (κ1) is 13.2. The lowest BCUT2D eigenvalue weighted by Gasteiger charge is -2.08. The molecule has 0 N–H and O–H groups in total. The minimum atomic E-state index is 0.852. The SMILES string of the molecule is C/C=C/c1ccc(Oc2ccccc2/C=C/C)cc1. The molecule has 0 amide bonds. The second-order valence-electron chi connectivity index (χ2n) is 4.21. The average Bonchev–Trinajstić information content (AvgIpc) is 2.44. The van der Waals surface area contributed by atoms with Gasteiger partial charge < -0.3 is 4.74 Å². The minimum absolute atomic E-state index is 0.852. The molecule has 1 heteroatoms. The molecule has 2 rings (SSSR count). The zero-order valence-electron chi connectivity index (χ0n) is 11.3. The number of ether oxygens (including phenoxy) is 1. The Morgan fingerprint density at radius 2 is 1.47 bits per heavy atom. The van der Waals surface area contributed by atoms with Gasteiger partial charge in [0, 0.05) is 5.56 Å². The van der Waals surface area contributed by atoms with Crippen LogP contribution < -0.4 is 4.74 Å². The van der Waals surface area contributed by atoms with Crippen molar-refractivity contribution in [1.82, 2.24) is 0 Å². The summed E-state index contributed by atoms with van der Waals surface area (Å²) in [6.07, 6.45) is 8.15. The van der Waals surface area contributed by atoms with Crippen molar-refractivity contribution >= 4 is 12.2 Å². The summed E-state index contributed by atoms with van der Waals surface area (Å²) in [5.74, 6) is 1.73. The van der Waals surface area contributed by atoms with Crippen LogP contribution in [0.2, 0.25) is 0 Å². The van der Waals surface area contributed by atoms with Gasteiger partial charge in [-0.15, -0.1) is 0 Å². The van der Waals surface area contributed by atoms with Gasteiger partial charge in [0.2, 0.25) is 0 Å². The third-order valence-electron chi connectivity index (χ3n) is 2.73. The molecule has 0 spiro atoms. The van der Waals surface area contributed by atoms with E-state index < -0.39 is 0 Å². The fourth-order valence-electron chi connectivity index (χ4n) is 1.86. The summed E-state index contributed by atoms with van der Waals surface area (Å²) in [6.45, 7) is 4.01. The predicted molar refractivity (Wildman–Crippen MR) is 82.4 cm³/mol. The normalized spacial score (nSPS) is 11.3. The highest BCUT2D eigenvalue weighted by Gasteiger charge is 2.01. The van der Waals surface area contributed by atoms with E-state index >= 15 is 0 Å². The molecule has 19 heavy (non-hydrogen) atoms. The quantitative estimate of drug-likeness (QED) is 0.691. The standard InChI is InChI=1S/C18H18O/c1-3-7-15-11-13-17(14-12-15)19-18-10-6-5-9-16(18)8-4-2/h3-14H,1-2H3/b7-3+,8-4+.